The van der Waals surface area contributed by atoms with Crippen LogP contribution < -0.4 is 14.4 Å². The van der Waals surface area contributed by atoms with Gasteiger partial charge in [0.25, 0.3) is 5.91 Å². The third kappa shape index (κ3) is 4.28. The van der Waals surface area contributed by atoms with Crippen molar-refractivity contribution >= 4 is 28.7 Å². The first kappa shape index (κ1) is 23.5. The fourth-order valence-corrected chi connectivity index (χ4v) is 4.99. The lowest BCUT2D eigenvalue weighted by atomic mass is 9.94. The smallest absolute Gasteiger partial charge is 0.294 e. The van der Waals surface area contributed by atoms with E-state index in [0.717, 1.165) is 5.01 Å². The van der Waals surface area contributed by atoms with Crippen LogP contribution in [0.25, 0.3) is 0 Å². The van der Waals surface area contributed by atoms with Crippen molar-refractivity contribution in [2.45, 2.75) is 33.7 Å². The third-order valence-electron chi connectivity index (χ3n) is 5.45. The molecule has 1 aromatic heterocycles. The predicted octanol–water partition coefficient (Wildman–Crippen LogP) is 5.34. The number of hydrogen-bond acceptors (Lipinski definition) is 7. The maximum atomic E-state index is 13.7. The minimum absolute atomic E-state index is 0.0206. The number of ether oxygens (including phenoxy) is 2. The summed E-state index contributed by atoms with van der Waals surface area (Å²) < 4.78 is 11.3. The molecule has 2 aromatic carbocycles. The number of thiazole rings is 1. The van der Waals surface area contributed by atoms with Gasteiger partial charge in [-0.3, -0.25) is 14.5 Å². The van der Waals surface area contributed by atoms with Gasteiger partial charge >= 0.3 is 0 Å². The summed E-state index contributed by atoms with van der Waals surface area (Å²) in [4.78, 5) is 33.3. The molecule has 7 nitrogen and oxygen atoms in total. The number of nitrogens with zero attached hydrogens (tertiary/aromatic N) is 2. The number of aryl methyl sites for hydroxylation is 2. The topological polar surface area (TPSA) is 89.0 Å². The zero-order valence-electron chi connectivity index (χ0n) is 19.5. The Morgan fingerprint density at radius 1 is 1.06 bits per heavy atom. The first-order valence-corrected chi connectivity index (χ1v) is 11.9. The molecule has 0 radical (unpaired) electrons. The Labute approximate surface area is 202 Å². The summed E-state index contributed by atoms with van der Waals surface area (Å²) in [5.41, 5.74) is 1.74. The fraction of sp³-hybridized carbons (Fsp3) is 0.269. The van der Waals surface area contributed by atoms with E-state index in [-0.39, 0.29) is 5.57 Å². The molecule has 4 rings (SSSR count). The molecule has 1 amide bonds. The quantitative estimate of drug-likeness (QED) is 0.440. The van der Waals surface area contributed by atoms with Crippen LogP contribution in [-0.2, 0) is 4.79 Å². The number of rotatable bonds is 8. The molecule has 1 N–H and O–H groups in total. The van der Waals surface area contributed by atoms with Crippen molar-refractivity contribution in [2.75, 3.05) is 18.1 Å². The Morgan fingerprint density at radius 2 is 1.71 bits per heavy atom. The zero-order chi connectivity index (χ0) is 24.4. The first-order chi connectivity index (χ1) is 16.3. The Bertz CT molecular complexity index is 1280. The molecule has 1 unspecified atom stereocenters. The molecule has 1 atom stereocenters. The monoisotopic (exact) mass is 478 g/mol. The molecular weight excluding hydrogens is 452 g/mol. The summed E-state index contributed by atoms with van der Waals surface area (Å²) in [6.07, 6.45) is 0. The van der Waals surface area contributed by atoms with E-state index < -0.39 is 23.5 Å². The van der Waals surface area contributed by atoms with Crippen LogP contribution in [0.5, 0.6) is 11.5 Å². The van der Waals surface area contributed by atoms with Crippen LogP contribution in [0.2, 0.25) is 0 Å². The van der Waals surface area contributed by atoms with Crippen molar-refractivity contribution in [2.24, 2.45) is 0 Å². The highest BCUT2D eigenvalue weighted by molar-refractivity contribution is 7.14. The van der Waals surface area contributed by atoms with Crippen molar-refractivity contribution < 1.29 is 24.2 Å². The minimum atomic E-state index is -0.848. The molecule has 0 saturated carbocycles. The molecule has 0 fully saturated rings. The number of amides is 1. The highest BCUT2D eigenvalue weighted by atomic mass is 32.1. The number of ketones is 1. The van der Waals surface area contributed by atoms with Crippen LogP contribution in [0, 0.1) is 13.8 Å². The van der Waals surface area contributed by atoms with E-state index >= 15 is 0 Å². The summed E-state index contributed by atoms with van der Waals surface area (Å²) in [5, 5.41) is 11.7. The second kappa shape index (κ2) is 9.69. The SMILES string of the molecule is CCOc1cccc(C2C(C(=O)c3sc(C)nc3C)=C(O)C(=O)N2c2cccc(OCC)c2)c1. The van der Waals surface area contributed by atoms with Gasteiger partial charge in [0.2, 0.25) is 5.78 Å². The van der Waals surface area contributed by atoms with Gasteiger partial charge in [-0.25, -0.2) is 4.98 Å². The third-order valence-corrected chi connectivity index (χ3v) is 6.53. The average Bonchev–Trinajstić information content (AvgIpc) is 3.29. The Kier molecular flexibility index (Phi) is 6.70. The van der Waals surface area contributed by atoms with Crippen LogP contribution in [-0.4, -0.2) is 35.0 Å². The molecule has 1 aliphatic rings. The summed E-state index contributed by atoms with van der Waals surface area (Å²) in [7, 11) is 0. The number of carbonyl (C=O) groups is 2. The molecule has 176 valence electrons. The van der Waals surface area contributed by atoms with Gasteiger partial charge in [-0.05, 0) is 57.5 Å². The molecule has 2 heterocycles. The summed E-state index contributed by atoms with van der Waals surface area (Å²) in [6, 6.07) is 13.4. The largest absolute Gasteiger partial charge is 0.503 e. The van der Waals surface area contributed by atoms with Crippen LogP contribution >= 0.6 is 11.3 Å². The minimum Gasteiger partial charge on any atom is -0.503 e. The number of aromatic nitrogens is 1. The normalized spacial score (nSPS) is 15.7. The molecule has 34 heavy (non-hydrogen) atoms. The number of anilines is 1. The predicted molar refractivity (Wildman–Crippen MR) is 131 cm³/mol. The zero-order valence-corrected chi connectivity index (χ0v) is 20.3. The van der Waals surface area contributed by atoms with E-state index in [1.807, 2.05) is 32.9 Å². The lowest BCUT2D eigenvalue weighted by Gasteiger charge is -2.27. The first-order valence-electron chi connectivity index (χ1n) is 11.1. The van der Waals surface area contributed by atoms with Crippen LogP contribution in [0.4, 0.5) is 5.69 Å². The Hall–Kier alpha value is -3.65. The number of benzene rings is 2. The lowest BCUT2D eigenvalue weighted by Crippen LogP contribution is -2.31. The summed E-state index contributed by atoms with van der Waals surface area (Å²) in [5.74, 6) is -0.433. The van der Waals surface area contributed by atoms with Crippen molar-refractivity contribution in [3.63, 3.8) is 0 Å². The molecule has 8 heteroatoms. The maximum absolute atomic E-state index is 13.7. The van der Waals surface area contributed by atoms with E-state index in [9.17, 15) is 14.7 Å². The summed E-state index contributed by atoms with van der Waals surface area (Å²) in [6.45, 7) is 8.26. The number of hydrogen-bond donors (Lipinski definition) is 1. The van der Waals surface area contributed by atoms with E-state index in [0.29, 0.717) is 46.5 Å². The van der Waals surface area contributed by atoms with Gasteiger partial charge in [0, 0.05) is 11.8 Å². The fourth-order valence-electron chi connectivity index (χ4n) is 4.11. The molecule has 0 bridgehead atoms. The van der Waals surface area contributed by atoms with Crippen molar-refractivity contribution in [1.29, 1.82) is 0 Å². The highest BCUT2D eigenvalue weighted by Gasteiger charge is 2.45. The van der Waals surface area contributed by atoms with Crippen LogP contribution in [0.15, 0.2) is 59.9 Å². The number of aliphatic hydroxyl groups excluding tert-OH is 1. The second-order valence-electron chi connectivity index (χ2n) is 7.75. The van der Waals surface area contributed by atoms with Gasteiger partial charge in [-0.1, -0.05) is 18.2 Å². The number of Topliss-reactive ketones (excluding diaryl/α,β-unsaturated/α-hetero) is 1. The maximum Gasteiger partial charge on any atom is 0.294 e. The highest BCUT2D eigenvalue weighted by Crippen LogP contribution is 2.44. The van der Waals surface area contributed by atoms with Crippen molar-refractivity contribution in [3.05, 3.63) is 81.0 Å². The van der Waals surface area contributed by atoms with Gasteiger partial charge in [-0.15, -0.1) is 11.3 Å². The average molecular weight is 479 g/mol. The van der Waals surface area contributed by atoms with Crippen LogP contribution in [0.1, 0.15) is 45.8 Å². The van der Waals surface area contributed by atoms with Gasteiger partial charge in [0.15, 0.2) is 5.76 Å². The van der Waals surface area contributed by atoms with Gasteiger partial charge in [0.05, 0.1) is 40.4 Å². The van der Waals surface area contributed by atoms with Crippen LogP contribution in [0.3, 0.4) is 0 Å². The van der Waals surface area contributed by atoms with Crippen molar-refractivity contribution in [3.8, 4) is 11.5 Å². The molecule has 0 spiro atoms. The van der Waals surface area contributed by atoms with Gasteiger partial charge in [-0.2, -0.15) is 0 Å². The molecular formula is C26H26N2O5S. The van der Waals surface area contributed by atoms with Crippen molar-refractivity contribution in [1.82, 2.24) is 4.98 Å². The molecule has 0 aliphatic carbocycles. The van der Waals surface area contributed by atoms with E-state index in [4.69, 9.17) is 9.47 Å². The summed E-state index contributed by atoms with van der Waals surface area (Å²) >= 11 is 1.25. The van der Waals surface area contributed by atoms with Gasteiger partial charge in [0.1, 0.15) is 11.5 Å². The Balaban J connectivity index is 1.88. The van der Waals surface area contributed by atoms with E-state index in [2.05, 4.69) is 4.98 Å². The Morgan fingerprint density at radius 3 is 2.32 bits per heavy atom. The molecule has 0 saturated heterocycles. The van der Waals surface area contributed by atoms with Gasteiger partial charge < -0.3 is 14.6 Å². The van der Waals surface area contributed by atoms with E-state index in [1.165, 1.54) is 16.2 Å². The molecule has 1 aliphatic heterocycles. The second-order valence-corrected chi connectivity index (χ2v) is 8.96. The number of carbonyl (C=O) groups excluding carboxylic acids is 2. The molecule has 3 aromatic rings. The number of aliphatic hydroxyl groups is 1. The van der Waals surface area contributed by atoms with E-state index in [1.54, 1.807) is 43.3 Å². The standard InChI is InChI=1S/C26H26N2O5S/c1-5-32-19-11-7-9-17(13-19)22-21(23(29)25-15(3)27-16(4)34-25)24(30)26(31)28(22)18-10-8-12-20(14-18)33-6-2/h7-14,22,30H,5-6H2,1-4H3. The lowest BCUT2D eigenvalue weighted by molar-refractivity contribution is -0.117.